The fourth-order valence-electron chi connectivity index (χ4n) is 2.66. The molecule has 0 saturated carbocycles. The molecular formula is C18H12ClF4N3O3. The molecule has 0 unspecified atom stereocenters. The summed E-state index contributed by atoms with van der Waals surface area (Å²) < 4.78 is 53.9. The zero-order chi connectivity index (χ0) is 21.4. The summed E-state index contributed by atoms with van der Waals surface area (Å²) in [6, 6.07) is 7.96. The van der Waals surface area contributed by atoms with Gasteiger partial charge in [-0.05, 0) is 24.3 Å². The van der Waals surface area contributed by atoms with Gasteiger partial charge in [0.25, 0.3) is 17.1 Å². The fourth-order valence-corrected chi connectivity index (χ4v) is 2.84. The number of carbonyl (C=O) groups is 1. The third-order valence-electron chi connectivity index (χ3n) is 4.15. The standard InChI is InChI=1S/C18H12ClF4N3O3/c19-11-7-9(5-6-12(11)20)17(29,18(21,22)23)16(28)24-8-14-25-13-4-2-1-3-10(13)15(27)26-14/h1-7,29H,8H2,(H,24,28)(H,25,26,27)/t17-/m0/s1. The number of aromatic nitrogens is 2. The average molecular weight is 430 g/mol. The lowest BCUT2D eigenvalue weighted by molar-refractivity contribution is -0.257. The lowest BCUT2D eigenvalue weighted by atomic mass is 9.92. The number of hydrogen-bond donors (Lipinski definition) is 3. The Balaban J connectivity index is 1.92. The van der Waals surface area contributed by atoms with E-state index in [1.54, 1.807) is 12.1 Å². The zero-order valence-corrected chi connectivity index (χ0v) is 15.1. The number of H-pyrrole nitrogens is 1. The lowest BCUT2D eigenvalue weighted by Crippen LogP contribution is -2.54. The highest BCUT2D eigenvalue weighted by atomic mass is 35.5. The maximum Gasteiger partial charge on any atom is 0.430 e. The van der Waals surface area contributed by atoms with Crippen LogP contribution in [-0.4, -0.2) is 27.2 Å². The van der Waals surface area contributed by atoms with Gasteiger partial charge in [-0.25, -0.2) is 9.37 Å². The molecule has 152 valence electrons. The molecule has 1 amide bonds. The number of benzene rings is 2. The third-order valence-corrected chi connectivity index (χ3v) is 4.44. The smallest absolute Gasteiger partial charge is 0.369 e. The van der Waals surface area contributed by atoms with Gasteiger partial charge in [0.2, 0.25) is 0 Å². The molecule has 0 aliphatic carbocycles. The summed E-state index contributed by atoms with van der Waals surface area (Å²) in [4.78, 5) is 30.7. The van der Waals surface area contributed by atoms with Crippen molar-refractivity contribution in [3.63, 3.8) is 0 Å². The van der Waals surface area contributed by atoms with E-state index in [9.17, 15) is 32.3 Å². The highest BCUT2D eigenvalue weighted by molar-refractivity contribution is 6.30. The topological polar surface area (TPSA) is 95.1 Å². The molecule has 1 heterocycles. The summed E-state index contributed by atoms with van der Waals surface area (Å²) in [5.41, 5.74) is -5.23. The van der Waals surface area contributed by atoms with Crippen LogP contribution in [0.1, 0.15) is 11.4 Å². The van der Waals surface area contributed by atoms with Crippen LogP contribution in [0.4, 0.5) is 17.6 Å². The van der Waals surface area contributed by atoms with Crippen molar-refractivity contribution in [1.29, 1.82) is 0 Å². The van der Waals surface area contributed by atoms with E-state index in [0.717, 1.165) is 0 Å². The van der Waals surface area contributed by atoms with Gasteiger partial charge in [-0.2, -0.15) is 13.2 Å². The highest BCUT2D eigenvalue weighted by Crippen LogP contribution is 2.40. The molecule has 3 aromatic rings. The van der Waals surface area contributed by atoms with Crippen molar-refractivity contribution in [2.24, 2.45) is 0 Å². The van der Waals surface area contributed by atoms with Gasteiger partial charge in [-0.15, -0.1) is 0 Å². The van der Waals surface area contributed by atoms with Crippen LogP contribution in [0.2, 0.25) is 5.02 Å². The number of nitrogens with zero attached hydrogens (tertiary/aromatic N) is 1. The van der Waals surface area contributed by atoms with Crippen molar-refractivity contribution >= 4 is 28.4 Å². The minimum Gasteiger partial charge on any atom is -0.369 e. The Morgan fingerprint density at radius 1 is 1.21 bits per heavy atom. The molecule has 3 rings (SSSR count). The van der Waals surface area contributed by atoms with Crippen LogP contribution in [0.25, 0.3) is 10.9 Å². The van der Waals surface area contributed by atoms with E-state index in [-0.39, 0.29) is 16.7 Å². The van der Waals surface area contributed by atoms with E-state index in [4.69, 9.17) is 11.6 Å². The number of aliphatic hydroxyl groups is 1. The van der Waals surface area contributed by atoms with Gasteiger partial charge in [0, 0.05) is 5.56 Å². The molecule has 0 spiro atoms. The lowest BCUT2D eigenvalue weighted by Gasteiger charge is -2.29. The minimum absolute atomic E-state index is 0.122. The fraction of sp³-hybridized carbons (Fsp3) is 0.167. The van der Waals surface area contributed by atoms with E-state index in [0.29, 0.717) is 18.2 Å². The van der Waals surface area contributed by atoms with E-state index in [2.05, 4.69) is 9.97 Å². The van der Waals surface area contributed by atoms with Crippen molar-refractivity contribution in [1.82, 2.24) is 15.3 Å². The van der Waals surface area contributed by atoms with Crippen LogP contribution in [0.15, 0.2) is 47.3 Å². The number of para-hydroxylation sites is 1. The maximum atomic E-state index is 13.5. The molecule has 11 heteroatoms. The Morgan fingerprint density at radius 2 is 1.90 bits per heavy atom. The Hall–Kier alpha value is -2.98. The van der Waals surface area contributed by atoms with E-state index in [1.165, 1.54) is 12.1 Å². The molecule has 1 aromatic heterocycles. The highest BCUT2D eigenvalue weighted by Gasteiger charge is 2.60. The zero-order valence-electron chi connectivity index (χ0n) is 14.3. The van der Waals surface area contributed by atoms with Crippen LogP contribution < -0.4 is 10.9 Å². The third kappa shape index (κ3) is 3.81. The first kappa shape index (κ1) is 20.7. The predicted molar refractivity (Wildman–Crippen MR) is 95.6 cm³/mol. The van der Waals surface area contributed by atoms with Gasteiger partial charge in [-0.1, -0.05) is 29.8 Å². The summed E-state index contributed by atoms with van der Waals surface area (Å²) in [5, 5.41) is 11.7. The van der Waals surface area contributed by atoms with E-state index < -0.39 is 46.2 Å². The second kappa shape index (κ2) is 7.45. The summed E-state index contributed by atoms with van der Waals surface area (Å²) >= 11 is 5.49. The van der Waals surface area contributed by atoms with Gasteiger partial charge in [0.15, 0.2) is 0 Å². The second-order valence-corrected chi connectivity index (χ2v) is 6.46. The Bertz CT molecular complexity index is 1150. The molecule has 0 radical (unpaired) electrons. The van der Waals surface area contributed by atoms with Gasteiger partial charge >= 0.3 is 6.18 Å². The first-order valence-corrected chi connectivity index (χ1v) is 8.42. The van der Waals surface area contributed by atoms with Crippen LogP contribution >= 0.6 is 11.6 Å². The van der Waals surface area contributed by atoms with Crippen molar-refractivity contribution in [2.45, 2.75) is 18.3 Å². The molecule has 0 fully saturated rings. The molecule has 2 aromatic carbocycles. The van der Waals surface area contributed by atoms with Crippen molar-refractivity contribution in [2.75, 3.05) is 0 Å². The van der Waals surface area contributed by atoms with Crippen molar-refractivity contribution < 1.29 is 27.5 Å². The van der Waals surface area contributed by atoms with E-state index in [1.807, 2.05) is 5.32 Å². The Labute approximate surface area is 165 Å². The van der Waals surface area contributed by atoms with Crippen LogP contribution in [0.3, 0.4) is 0 Å². The van der Waals surface area contributed by atoms with Gasteiger partial charge in [0.1, 0.15) is 11.6 Å². The summed E-state index contributed by atoms with van der Waals surface area (Å²) in [6.07, 6.45) is -5.44. The molecule has 0 aliphatic heterocycles. The number of carbonyl (C=O) groups excluding carboxylic acids is 1. The molecule has 0 aliphatic rings. The Kier molecular flexibility index (Phi) is 5.33. The molecular weight excluding hydrogens is 418 g/mol. The van der Waals surface area contributed by atoms with Gasteiger partial charge in [0.05, 0.1) is 22.5 Å². The normalized spacial score (nSPS) is 13.9. The Morgan fingerprint density at radius 3 is 2.55 bits per heavy atom. The number of fused-ring (bicyclic) bond motifs is 1. The predicted octanol–water partition coefficient (Wildman–Crippen LogP) is 2.78. The molecule has 3 N–H and O–H groups in total. The van der Waals surface area contributed by atoms with E-state index >= 15 is 0 Å². The number of nitrogens with one attached hydrogen (secondary N) is 2. The number of aromatic amines is 1. The van der Waals surface area contributed by atoms with Crippen LogP contribution in [0.5, 0.6) is 0 Å². The van der Waals surface area contributed by atoms with Crippen LogP contribution in [-0.2, 0) is 16.9 Å². The SMILES string of the molecule is O=C(NCc1nc2ccccc2c(=O)[nH]1)[C@@](O)(c1ccc(F)c(Cl)c1)C(F)(F)F. The number of hydrogen-bond acceptors (Lipinski definition) is 4. The molecule has 0 bridgehead atoms. The number of halogens is 5. The van der Waals surface area contributed by atoms with Crippen molar-refractivity contribution in [3.8, 4) is 0 Å². The first-order chi connectivity index (χ1) is 13.5. The average Bonchev–Trinajstić information content (AvgIpc) is 2.66. The first-order valence-electron chi connectivity index (χ1n) is 8.05. The summed E-state index contributed by atoms with van der Waals surface area (Å²) in [7, 11) is 0. The summed E-state index contributed by atoms with van der Waals surface area (Å²) in [6.45, 7) is -0.605. The maximum absolute atomic E-state index is 13.5. The number of amides is 1. The molecule has 0 saturated heterocycles. The number of rotatable bonds is 4. The molecule has 29 heavy (non-hydrogen) atoms. The molecule has 1 atom stereocenters. The minimum atomic E-state index is -5.44. The number of alkyl halides is 3. The molecule has 6 nitrogen and oxygen atoms in total. The van der Waals surface area contributed by atoms with Gasteiger partial charge < -0.3 is 15.4 Å². The largest absolute Gasteiger partial charge is 0.430 e. The quantitative estimate of drug-likeness (QED) is 0.556. The summed E-state index contributed by atoms with van der Waals surface area (Å²) in [5.74, 6) is -2.98. The van der Waals surface area contributed by atoms with Crippen molar-refractivity contribution in [3.05, 3.63) is 75.0 Å². The van der Waals surface area contributed by atoms with Crippen LogP contribution in [0, 0.1) is 5.82 Å². The second-order valence-electron chi connectivity index (χ2n) is 6.05. The van der Waals surface area contributed by atoms with Gasteiger partial charge in [-0.3, -0.25) is 9.59 Å². The monoisotopic (exact) mass is 429 g/mol.